The first-order valence-electron chi connectivity index (χ1n) is 13.3. The van der Waals surface area contributed by atoms with Crippen LogP contribution in [0.2, 0.25) is 0 Å². The van der Waals surface area contributed by atoms with E-state index in [1.807, 2.05) is 32.0 Å². The zero-order valence-corrected chi connectivity index (χ0v) is 21.1. The smallest absolute Gasteiger partial charge is 0.268 e. The number of nitrogens with zero attached hydrogens (tertiary/aromatic N) is 2. The highest BCUT2D eigenvalue weighted by Crippen LogP contribution is 2.27. The predicted octanol–water partition coefficient (Wildman–Crippen LogP) is 3.98. The number of nitrogens with one attached hydrogen (secondary N) is 3. The standard InChI is InChI=1S/C28H39N5O2/c1-19(2)15-22(17-29)31-27(34)23-8-4-5-9-24(23)32-28(35)26-16-21-7-3-6-10-25(21)33(26)18-20-11-13-30-14-12-20/h3,6-7,10,16,19-20,22-24,30H,4-5,8-9,11-15,18H2,1-2H3,(H,31,34)(H,32,35). The summed E-state index contributed by atoms with van der Waals surface area (Å²) in [6, 6.07) is 11.7. The van der Waals surface area contributed by atoms with E-state index in [4.69, 9.17) is 0 Å². The fourth-order valence-corrected chi connectivity index (χ4v) is 5.67. The average molecular weight is 478 g/mol. The van der Waals surface area contributed by atoms with Crippen LogP contribution in [0, 0.1) is 29.1 Å². The van der Waals surface area contributed by atoms with Gasteiger partial charge in [-0.2, -0.15) is 5.26 Å². The molecule has 4 rings (SSSR count). The maximum atomic E-state index is 13.6. The molecular weight excluding hydrogens is 438 g/mol. The van der Waals surface area contributed by atoms with Crippen LogP contribution in [0.3, 0.4) is 0 Å². The van der Waals surface area contributed by atoms with Gasteiger partial charge in [0, 0.05) is 23.5 Å². The molecule has 0 radical (unpaired) electrons. The molecule has 0 spiro atoms. The summed E-state index contributed by atoms with van der Waals surface area (Å²) in [7, 11) is 0. The number of hydrogen-bond acceptors (Lipinski definition) is 4. The zero-order valence-electron chi connectivity index (χ0n) is 21.1. The molecule has 2 aromatic rings. The molecule has 35 heavy (non-hydrogen) atoms. The largest absolute Gasteiger partial charge is 0.347 e. The van der Waals surface area contributed by atoms with Gasteiger partial charge < -0.3 is 20.5 Å². The molecule has 1 aliphatic heterocycles. The summed E-state index contributed by atoms with van der Waals surface area (Å²) in [6.45, 7) is 6.95. The van der Waals surface area contributed by atoms with E-state index in [1.54, 1.807) is 0 Å². The molecule has 2 amide bonds. The van der Waals surface area contributed by atoms with E-state index in [9.17, 15) is 14.9 Å². The lowest BCUT2D eigenvalue weighted by molar-refractivity contribution is -0.127. The van der Waals surface area contributed by atoms with E-state index >= 15 is 0 Å². The molecule has 7 heteroatoms. The number of aromatic nitrogens is 1. The second-order valence-corrected chi connectivity index (χ2v) is 10.7. The maximum Gasteiger partial charge on any atom is 0.268 e. The first-order valence-corrected chi connectivity index (χ1v) is 13.3. The van der Waals surface area contributed by atoms with E-state index in [1.165, 1.54) is 0 Å². The highest BCUT2D eigenvalue weighted by molar-refractivity contribution is 5.99. The second kappa shape index (κ2) is 11.7. The van der Waals surface area contributed by atoms with Crippen LogP contribution >= 0.6 is 0 Å². The number of carbonyl (C=O) groups is 2. The van der Waals surface area contributed by atoms with E-state index < -0.39 is 6.04 Å². The van der Waals surface area contributed by atoms with Gasteiger partial charge in [-0.05, 0) is 69.2 Å². The summed E-state index contributed by atoms with van der Waals surface area (Å²) in [4.78, 5) is 26.7. The number of fused-ring (bicyclic) bond motifs is 1. The van der Waals surface area contributed by atoms with Crippen LogP contribution in [0.1, 0.15) is 69.3 Å². The summed E-state index contributed by atoms with van der Waals surface area (Å²) in [6.07, 6.45) is 6.29. The molecule has 1 saturated carbocycles. The Hall–Kier alpha value is -2.85. The molecule has 2 aliphatic rings. The summed E-state index contributed by atoms with van der Waals surface area (Å²) < 4.78 is 2.17. The van der Waals surface area contributed by atoms with Crippen LogP contribution in [0.15, 0.2) is 30.3 Å². The average Bonchev–Trinajstić information content (AvgIpc) is 3.22. The predicted molar refractivity (Wildman–Crippen MR) is 138 cm³/mol. The van der Waals surface area contributed by atoms with Crippen LogP contribution in [-0.4, -0.2) is 41.6 Å². The van der Waals surface area contributed by atoms with Crippen molar-refractivity contribution < 1.29 is 9.59 Å². The van der Waals surface area contributed by atoms with Gasteiger partial charge in [0.05, 0.1) is 12.0 Å². The first kappa shape index (κ1) is 25.2. The van der Waals surface area contributed by atoms with Gasteiger partial charge in [-0.1, -0.05) is 44.9 Å². The van der Waals surface area contributed by atoms with E-state index in [-0.39, 0.29) is 23.8 Å². The van der Waals surface area contributed by atoms with Gasteiger partial charge in [0.25, 0.3) is 5.91 Å². The third kappa shape index (κ3) is 6.24. The molecule has 1 aliphatic carbocycles. The van der Waals surface area contributed by atoms with Crippen LogP contribution in [0.25, 0.3) is 10.9 Å². The molecule has 1 saturated heterocycles. The number of nitriles is 1. The molecule has 2 heterocycles. The van der Waals surface area contributed by atoms with Crippen LogP contribution in [-0.2, 0) is 11.3 Å². The molecule has 3 N–H and O–H groups in total. The quantitative estimate of drug-likeness (QED) is 0.535. The minimum atomic E-state index is -0.492. The zero-order chi connectivity index (χ0) is 24.8. The maximum absolute atomic E-state index is 13.6. The number of piperidine rings is 1. The molecule has 7 nitrogen and oxygen atoms in total. The van der Waals surface area contributed by atoms with Crippen molar-refractivity contribution in [3.05, 3.63) is 36.0 Å². The summed E-state index contributed by atoms with van der Waals surface area (Å²) >= 11 is 0. The van der Waals surface area contributed by atoms with Gasteiger partial charge in [0.2, 0.25) is 5.91 Å². The van der Waals surface area contributed by atoms with Crippen molar-refractivity contribution in [1.29, 1.82) is 5.26 Å². The van der Waals surface area contributed by atoms with Gasteiger partial charge in [-0.25, -0.2) is 0 Å². The number of rotatable bonds is 8. The van der Waals surface area contributed by atoms with Crippen molar-refractivity contribution in [3.63, 3.8) is 0 Å². The van der Waals surface area contributed by atoms with Crippen molar-refractivity contribution in [2.45, 2.75) is 77.4 Å². The lowest BCUT2D eigenvalue weighted by Crippen LogP contribution is -2.50. The SMILES string of the molecule is CC(C)CC(C#N)NC(=O)C1CCCCC1NC(=O)c1cc2ccccc2n1CC1CCNCC1. The van der Waals surface area contributed by atoms with Gasteiger partial charge in [0.1, 0.15) is 11.7 Å². The van der Waals surface area contributed by atoms with Gasteiger partial charge in [-0.15, -0.1) is 0 Å². The Morgan fingerprint density at radius 3 is 2.63 bits per heavy atom. The highest BCUT2D eigenvalue weighted by atomic mass is 16.2. The van der Waals surface area contributed by atoms with Crippen molar-refractivity contribution in [2.75, 3.05) is 13.1 Å². The Morgan fingerprint density at radius 1 is 1.14 bits per heavy atom. The van der Waals surface area contributed by atoms with E-state index in [0.29, 0.717) is 24.0 Å². The fraction of sp³-hybridized carbons (Fsp3) is 0.607. The molecular formula is C28H39N5O2. The minimum Gasteiger partial charge on any atom is -0.347 e. The Morgan fingerprint density at radius 2 is 1.89 bits per heavy atom. The summed E-state index contributed by atoms with van der Waals surface area (Å²) in [5.41, 5.74) is 1.75. The summed E-state index contributed by atoms with van der Waals surface area (Å²) in [5, 5.41) is 20.1. The topological polar surface area (TPSA) is 99.0 Å². The van der Waals surface area contributed by atoms with Gasteiger partial charge in [0.15, 0.2) is 0 Å². The van der Waals surface area contributed by atoms with Crippen molar-refractivity contribution >= 4 is 22.7 Å². The van der Waals surface area contributed by atoms with E-state index in [0.717, 1.165) is 69.1 Å². The number of benzene rings is 1. The van der Waals surface area contributed by atoms with E-state index in [2.05, 4.69) is 38.7 Å². The summed E-state index contributed by atoms with van der Waals surface area (Å²) in [5.74, 6) is 0.327. The third-order valence-corrected chi connectivity index (χ3v) is 7.54. The van der Waals surface area contributed by atoms with Crippen molar-refractivity contribution in [3.8, 4) is 6.07 Å². The molecule has 2 fully saturated rings. The molecule has 3 unspecified atom stereocenters. The van der Waals surface area contributed by atoms with Gasteiger partial charge in [-0.3, -0.25) is 9.59 Å². The molecule has 1 aromatic heterocycles. The molecule has 1 aromatic carbocycles. The Balaban J connectivity index is 1.51. The first-order chi connectivity index (χ1) is 17.0. The fourth-order valence-electron chi connectivity index (χ4n) is 5.67. The molecule has 3 atom stereocenters. The number of hydrogen-bond donors (Lipinski definition) is 3. The van der Waals surface area contributed by atoms with Gasteiger partial charge >= 0.3 is 0 Å². The highest BCUT2D eigenvalue weighted by Gasteiger charge is 2.34. The van der Waals surface area contributed by atoms with Crippen LogP contribution in [0.4, 0.5) is 0 Å². The van der Waals surface area contributed by atoms with Crippen molar-refractivity contribution in [2.24, 2.45) is 17.8 Å². The Labute approximate surface area is 208 Å². The third-order valence-electron chi connectivity index (χ3n) is 7.54. The lowest BCUT2D eigenvalue weighted by Gasteiger charge is -2.32. The normalized spacial score (nSPS) is 22.0. The molecule has 188 valence electrons. The number of carbonyl (C=O) groups excluding carboxylic acids is 2. The second-order valence-electron chi connectivity index (χ2n) is 10.7. The number of amides is 2. The molecule has 0 bridgehead atoms. The van der Waals surface area contributed by atoms with Crippen LogP contribution in [0.5, 0.6) is 0 Å². The lowest BCUT2D eigenvalue weighted by atomic mass is 9.83. The van der Waals surface area contributed by atoms with Crippen molar-refractivity contribution in [1.82, 2.24) is 20.5 Å². The minimum absolute atomic E-state index is 0.112. The monoisotopic (exact) mass is 477 g/mol. The van der Waals surface area contributed by atoms with Crippen LogP contribution < -0.4 is 16.0 Å². The Kier molecular flexibility index (Phi) is 8.46. The Bertz CT molecular complexity index is 1060. The number of para-hydroxylation sites is 1.